The fourth-order valence-electron chi connectivity index (χ4n) is 3.01. The van der Waals surface area contributed by atoms with Gasteiger partial charge in [-0.05, 0) is 36.1 Å². The van der Waals surface area contributed by atoms with E-state index >= 15 is 0 Å². The molecule has 0 unspecified atom stereocenters. The van der Waals surface area contributed by atoms with Crippen molar-refractivity contribution in [1.82, 2.24) is 15.3 Å². The molecule has 4 rings (SSSR count). The van der Waals surface area contributed by atoms with E-state index in [-0.39, 0.29) is 18.4 Å². The van der Waals surface area contributed by atoms with E-state index in [0.29, 0.717) is 18.1 Å². The van der Waals surface area contributed by atoms with E-state index in [9.17, 15) is 4.79 Å². The van der Waals surface area contributed by atoms with E-state index < -0.39 is 0 Å². The summed E-state index contributed by atoms with van der Waals surface area (Å²) < 4.78 is 10.6. The highest BCUT2D eigenvalue weighted by Gasteiger charge is 2.14. The summed E-state index contributed by atoms with van der Waals surface area (Å²) in [6.07, 6.45) is 5.05. The Labute approximate surface area is 169 Å². The van der Waals surface area contributed by atoms with Crippen LogP contribution < -0.4 is 20.1 Å². The van der Waals surface area contributed by atoms with E-state index in [0.717, 1.165) is 30.7 Å². The monoisotopic (exact) mass is 390 g/mol. The average molecular weight is 390 g/mol. The maximum absolute atomic E-state index is 12.3. The van der Waals surface area contributed by atoms with Crippen LogP contribution in [-0.4, -0.2) is 29.2 Å². The molecular formula is C22H22N4O3. The first-order valence-corrected chi connectivity index (χ1v) is 9.54. The second-order valence-electron chi connectivity index (χ2n) is 6.67. The predicted octanol–water partition coefficient (Wildman–Crippen LogP) is 3.18. The molecular weight excluding hydrogens is 368 g/mol. The van der Waals surface area contributed by atoms with Crippen LogP contribution in [0.3, 0.4) is 0 Å². The molecule has 1 aliphatic heterocycles. The third kappa shape index (κ3) is 5.01. The molecule has 1 aliphatic rings. The van der Waals surface area contributed by atoms with Crippen molar-refractivity contribution in [2.45, 2.75) is 19.4 Å². The maximum Gasteiger partial charge on any atom is 0.271 e. The summed E-state index contributed by atoms with van der Waals surface area (Å²) in [6.45, 7) is 1.39. The number of amides is 1. The van der Waals surface area contributed by atoms with Crippen molar-refractivity contribution in [3.05, 3.63) is 77.7 Å². The largest absolute Gasteiger partial charge is 0.454 e. The molecule has 1 amide bonds. The van der Waals surface area contributed by atoms with Crippen LogP contribution in [0.15, 0.2) is 60.9 Å². The molecule has 0 fully saturated rings. The molecule has 0 atom stereocenters. The number of rotatable bonds is 8. The van der Waals surface area contributed by atoms with E-state index in [4.69, 9.17) is 9.47 Å². The van der Waals surface area contributed by atoms with Gasteiger partial charge in [-0.15, -0.1) is 0 Å². The number of hydrogen-bond donors (Lipinski definition) is 2. The number of anilines is 1. The number of benzene rings is 2. The third-order valence-corrected chi connectivity index (χ3v) is 4.57. The Morgan fingerprint density at radius 3 is 2.66 bits per heavy atom. The summed E-state index contributed by atoms with van der Waals surface area (Å²) in [4.78, 5) is 20.8. The topological polar surface area (TPSA) is 85.4 Å². The van der Waals surface area contributed by atoms with Crippen molar-refractivity contribution in [3.63, 3.8) is 0 Å². The molecule has 0 bridgehead atoms. The van der Waals surface area contributed by atoms with Gasteiger partial charge in [-0.2, -0.15) is 0 Å². The lowest BCUT2D eigenvalue weighted by Gasteiger charge is -2.07. The first kappa shape index (κ1) is 18.7. The van der Waals surface area contributed by atoms with Crippen molar-refractivity contribution >= 4 is 11.7 Å². The lowest BCUT2D eigenvalue weighted by molar-refractivity contribution is 0.0945. The summed E-state index contributed by atoms with van der Waals surface area (Å²) in [7, 11) is 0. The molecule has 1 aromatic heterocycles. The highest BCUT2D eigenvalue weighted by atomic mass is 16.7. The number of nitrogens with zero attached hydrogens (tertiary/aromatic N) is 2. The molecule has 29 heavy (non-hydrogen) atoms. The van der Waals surface area contributed by atoms with Crippen LogP contribution in [0.2, 0.25) is 0 Å². The molecule has 2 N–H and O–H groups in total. The van der Waals surface area contributed by atoms with Crippen molar-refractivity contribution in [1.29, 1.82) is 0 Å². The van der Waals surface area contributed by atoms with E-state index in [1.165, 1.54) is 11.8 Å². The zero-order chi connectivity index (χ0) is 19.9. The summed E-state index contributed by atoms with van der Waals surface area (Å²) in [5.41, 5.74) is 2.52. The smallest absolute Gasteiger partial charge is 0.271 e. The summed E-state index contributed by atoms with van der Waals surface area (Å²) >= 11 is 0. The van der Waals surface area contributed by atoms with Gasteiger partial charge in [0.15, 0.2) is 11.5 Å². The molecule has 0 saturated heterocycles. The van der Waals surface area contributed by atoms with Crippen LogP contribution in [0.5, 0.6) is 11.5 Å². The average Bonchev–Trinajstić information content (AvgIpc) is 3.24. The molecule has 3 aromatic rings. The van der Waals surface area contributed by atoms with Crippen molar-refractivity contribution in [2.24, 2.45) is 0 Å². The van der Waals surface area contributed by atoms with Crippen LogP contribution in [0.4, 0.5) is 5.82 Å². The second-order valence-corrected chi connectivity index (χ2v) is 6.67. The number of fused-ring (bicyclic) bond motifs is 1. The fraction of sp³-hybridized carbons (Fsp3) is 0.227. The quantitative estimate of drug-likeness (QED) is 0.575. The van der Waals surface area contributed by atoms with Gasteiger partial charge in [-0.25, -0.2) is 9.97 Å². The minimum absolute atomic E-state index is 0.230. The molecule has 7 heteroatoms. The number of nitrogens with one attached hydrogen (secondary N) is 2. The molecule has 0 saturated carbocycles. The van der Waals surface area contributed by atoms with Gasteiger partial charge in [-0.1, -0.05) is 36.4 Å². The number of carbonyl (C=O) groups is 1. The van der Waals surface area contributed by atoms with Gasteiger partial charge < -0.3 is 20.1 Å². The summed E-state index contributed by atoms with van der Waals surface area (Å²) in [5, 5.41) is 6.07. The lowest BCUT2D eigenvalue weighted by Crippen LogP contribution is -2.24. The van der Waals surface area contributed by atoms with Gasteiger partial charge in [0, 0.05) is 13.1 Å². The fourth-order valence-corrected chi connectivity index (χ4v) is 3.01. The Morgan fingerprint density at radius 2 is 1.83 bits per heavy atom. The Bertz CT molecular complexity index is 962. The lowest BCUT2D eigenvalue weighted by atomic mass is 10.1. The molecule has 2 heterocycles. The minimum atomic E-state index is -0.272. The van der Waals surface area contributed by atoms with Gasteiger partial charge in [0.05, 0.1) is 12.4 Å². The summed E-state index contributed by atoms with van der Waals surface area (Å²) in [5.74, 6) is 1.80. The minimum Gasteiger partial charge on any atom is -0.454 e. The number of aryl methyl sites for hydroxylation is 1. The maximum atomic E-state index is 12.3. The highest BCUT2D eigenvalue weighted by Crippen LogP contribution is 2.32. The van der Waals surface area contributed by atoms with E-state index in [1.807, 2.05) is 36.4 Å². The van der Waals surface area contributed by atoms with Crippen LogP contribution in [0.25, 0.3) is 0 Å². The van der Waals surface area contributed by atoms with E-state index in [2.05, 4.69) is 32.7 Å². The Hall–Kier alpha value is -3.61. The Balaban J connectivity index is 1.22. The normalized spacial score (nSPS) is 11.9. The van der Waals surface area contributed by atoms with E-state index in [1.54, 1.807) is 6.20 Å². The number of hydrogen-bond acceptors (Lipinski definition) is 6. The van der Waals surface area contributed by atoms with Crippen LogP contribution in [-0.2, 0) is 13.0 Å². The second kappa shape index (κ2) is 9.05. The zero-order valence-electron chi connectivity index (χ0n) is 15.9. The molecule has 2 aromatic carbocycles. The van der Waals surface area contributed by atoms with Gasteiger partial charge >= 0.3 is 0 Å². The van der Waals surface area contributed by atoms with Crippen LogP contribution in [0.1, 0.15) is 28.0 Å². The zero-order valence-corrected chi connectivity index (χ0v) is 15.9. The summed E-state index contributed by atoms with van der Waals surface area (Å²) in [6, 6.07) is 15.9. The molecule has 0 spiro atoms. The Morgan fingerprint density at radius 1 is 0.966 bits per heavy atom. The van der Waals surface area contributed by atoms with Gasteiger partial charge in [0.2, 0.25) is 6.79 Å². The van der Waals surface area contributed by atoms with Gasteiger partial charge in [0.1, 0.15) is 11.5 Å². The predicted molar refractivity (Wildman–Crippen MR) is 109 cm³/mol. The highest BCUT2D eigenvalue weighted by molar-refractivity contribution is 5.91. The molecule has 7 nitrogen and oxygen atoms in total. The molecule has 0 radical (unpaired) electrons. The third-order valence-electron chi connectivity index (χ3n) is 4.57. The first-order valence-electron chi connectivity index (χ1n) is 9.54. The Kier molecular flexibility index (Phi) is 5.85. The van der Waals surface area contributed by atoms with Crippen LogP contribution >= 0.6 is 0 Å². The number of aromatic nitrogens is 2. The SMILES string of the molecule is O=C(NCc1ccc2c(c1)OCO2)c1cnc(NCCCc2ccccc2)cn1. The van der Waals surface area contributed by atoms with Crippen molar-refractivity contribution in [2.75, 3.05) is 18.7 Å². The first-order chi connectivity index (χ1) is 14.3. The van der Waals surface area contributed by atoms with Crippen molar-refractivity contribution < 1.29 is 14.3 Å². The number of ether oxygens (including phenoxy) is 2. The van der Waals surface area contributed by atoms with Gasteiger partial charge in [0.25, 0.3) is 5.91 Å². The molecule has 148 valence electrons. The number of carbonyl (C=O) groups excluding carboxylic acids is 1. The van der Waals surface area contributed by atoms with Crippen LogP contribution in [0, 0.1) is 0 Å². The standard InChI is InChI=1S/C22H22N4O3/c27-22(26-12-17-8-9-19-20(11-17)29-15-28-19)18-13-25-21(14-24-18)23-10-4-7-16-5-2-1-3-6-16/h1-3,5-6,8-9,11,13-14H,4,7,10,12,15H2,(H,23,25)(H,26,27). The molecule has 0 aliphatic carbocycles. The van der Waals surface area contributed by atoms with Gasteiger partial charge in [-0.3, -0.25) is 4.79 Å². The van der Waals surface area contributed by atoms with Crippen molar-refractivity contribution in [3.8, 4) is 11.5 Å².